The molecule has 15 heavy (non-hydrogen) atoms. The van der Waals surface area contributed by atoms with E-state index < -0.39 is 0 Å². The maximum Gasteiger partial charge on any atom is 0.341 e. The number of hydrogen-bond acceptors (Lipinski definition) is 4. The second-order valence-electron chi connectivity index (χ2n) is 3.00. The third kappa shape index (κ3) is 1.68. The molecule has 0 aliphatic rings. The minimum Gasteiger partial charge on any atom is -0.496 e. The van der Waals surface area contributed by atoms with E-state index in [9.17, 15) is 4.79 Å². The molecule has 2 aromatic rings. The SMILES string of the molecule is COC(=O)c1cc2ccsc2cc1OC. The molecule has 1 heterocycles. The average molecular weight is 222 g/mol. The summed E-state index contributed by atoms with van der Waals surface area (Å²) in [5, 5.41) is 3.01. The highest BCUT2D eigenvalue weighted by atomic mass is 32.1. The number of rotatable bonds is 2. The van der Waals surface area contributed by atoms with Crippen molar-refractivity contribution < 1.29 is 14.3 Å². The predicted octanol–water partition coefficient (Wildman–Crippen LogP) is 2.70. The van der Waals surface area contributed by atoms with Crippen molar-refractivity contribution in [3.05, 3.63) is 29.1 Å². The molecule has 0 saturated carbocycles. The molecule has 0 saturated heterocycles. The summed E-state index contributed by atoms with van der Waals surface area (Å²) >= 11 is 1.61. The maximum absolute atomic E-state index is 11.5. The fourth-order valence-electron chi connectivity index (χ4n) is 1.43. The van der Waals surface area contributed by atoms with Crippen molar-refractivity contribution in [3.63, 3.8) is 0 Å². The summed E-state index contributed by atoms with van der Waals surface area (Å²) in [6.45, 7) is 0. The Morgan fingerprint density at radius 2 is 2.13 bits per heavy atom. The van der Waals surface area contributed by atoms with Gasteiger partial charge < -0.3 is 9.47 Å². The van der Waals surface area contributed by atoms with Crippen LogP contribution in [-0.4, -0.2) is 20.2 Å². The Balaban J connectivity index is 2.64. The van der Waals surface area contributed by atoms with Crippen LogP contribution in [-0.2, 0) is 4.74 Å². The topological polar surface area (TPSA) is 35.5 Å². The fraction of sp³-hybridized carbons (Fsp3) is 0.182. The van der Waals surface area contributed by atoms with Gasteiger partial charge in [-0.15, -0.1) is 11.3 Å². The van der Waals surface area contributed by atoms with E-state index in [0.29, 0.717) is 11.3 Å². The van der Waals surface area contributed by atoms with E-state index in [4.69, 9.17) is 4.74 Å². The zero-order valence-electron chi connectivity index (χ0n) is 8.44. The molecule has 0 aliphatic carbocycles. The summed E-state index contributed by atoms with van der Waals surface area (Å²) in [6.07, 6.45) is 0. The van der Waals surface area contributed by atoms with E-state index in [1.807, 2.05) is 17.5 Å². The highest BCUT2D eigenvalue weighted by Gasteiger charge is 2.14. The molecule has 0 aliphatic heterocycles. The van der Waals surface area contributed by atoms with Crippen molar-refractivity contribution in [3.8, 4) is 5.75 Å². The van der Waals surface area contributed by atoms with E-state index >= 15 is 0 Å². The Kier molecular flexibility index (Phi) is 2.60. The van der Waals surface area contributed by atoms with Crippen LogP contribution in [0.4, 0.5) is 0 Å². The number of fused-ring (bicyclic) bond motifs is 1. The quantitative estimate of drug-likeness (QED) is 0.733. The van der Waals surface area contributed by atoms with Gasteiger partial charge in [0.2, 0.25) is 0 Å². The van der Waals surface area contributed by atoms with Gasteiger partial charge >= 0.3 is 5.97 Å². The number of ether oxygens (including phenoxy) is 2. The maximum atomic E-state index is 11.5. The molecule has 2 rings (SSSR count). The van der Waals surface area contributed by atoms with E-state index in [1.54, 1.807) is 24.5 Å². The number of esters is 1. The largest absolute Gasteiger partial charge is 0.496 e. The normalized spacial score (nSPS) is 10.3. The summed E-state index contributed by atoms with van der Waals surface area (Å²) in [5.74, 6) is 0.178. The van der Waals surface area contributed by atoms with Gasteiger partial charge in [0, 0.05) is 4.70 Å². The average Bonchev–Trinajstić information content (AvgIpc) is 2.73. The lowest BCUT2D eigenvalue weighted by Crippen LogP contribution is -2.03. The summed E-state index contributed by atoms with van der Waals surface area (Å²) < 4.78 is 10.9. The Labute approximate surface area is 91.2 Å². The van der Waals surface area contributed by atoms with E-state index in [-0.39, 0.29) is 5.97 Å². The van der Waals surface area contributed by atoms with Crippen LogP contribution >= 0.6 is 11.3 Å². The molecule has 0 bridgehead atoms. The number of carbonyl (C=O) groups excluding carboxylic acids is 1. The van der Waals surface area contributed by atoms with Gasteiger partial charge in [0.25, 0.3) is 0 Å². The van der Waals surface area contributed by atoms with Gasteiger partial charge in [0.15, 0.2) is 0 Å². The van der Waals surface area contributed by atoms with E-state index in [2.05, 4.69) is 4.74 Å². The molecular weight excluding hydrogens is 212 g/mol. The second-order valence-corrected chi connectivity index (χ2v) is 3.95. The van der Waals surface area contributed by atoms with Crippen LogP contribution in [0.15, 0.2) is 23.6 Å². The van der Waals surface area contributed by atoms with Crippen LogP contribution in [0, 0.1) is 0 Å². The third-order valence-electron chi connectivity index (χ3n) is 2.18. The van der Waals surface area contributed by atoms with Crippen LogP contribution in [0.25, 0.3) is 10.1 Å². The lowest BCUT2D eigenvalue weighted by Gasteiger charge is -2.06. The smallest absolute Gasteiger partial charge is 0.341 e. The number of benzene rings is 1. The minimum atomic E-state index is -0.375. The molecule has 0 fully saturated rings. The molecule has 1 aromatic heterocycles. The molecular formula is C11H10O3S. The monoisotopic (exact) mass is 222 g/mol. The van der Waals surface area contributed by atoms with E-state index in [1.165, 1.54) is 7.11 Å². The first-order valence-electron chi connectivity index (χ1n) is 4.40. The molecule has 78 valence electrons. The molecule has 0 unspecified atom stereocenters. The van der Waals surface area contributed by atoms with Crippen LogP contribution < -0.4 is 4.74 Å². The Hall–Kier alpha value is -1.55. The van der Waals surface area contributed by atoms with Gasteiger partial charge in [-0.3, -0.25) is 0 Å². The lowest BCUT2D eigenvalue weighted by molar-refractivity contribution is 0.0597. The van der Waals surface area contributed by atoms with Crippen LogP contribution in [0.5, 0.6) is 5.75 Å². The van der Waals surface area contributed by atoms with Gasteiger partial charge in [0.1, 0.15) is 11.3 Å². The Morgan fingerprint density at radius 3 is 2.80 bits per heavy atom. The van der Waals surface area contributed by atoms with E-state index in [0.717, 1.165) is 10.1 Å². The van der Waals surface area contributed by atoms with Gasteiger partial charge in [-0.25, -0.2) is 4.79 Å². The number of methoxy groups -OCH3 is 2. The minimum absolute atomic E-state index is 0.375. The lowest BCUT2D eigenvalue weighted by atomic mass is 10.1. The van der Waals surface area contributed by atoms with Crippen molar-refractivity contribution in [2.75, 3.05) is 14.2 Å². The Morgan fingerprint density at radius 1 is 1.33 bits per heavy atom. The molecule has 4 heteroatoms. The predicted molar refractivity (Wildman–Crippen MR) is 59.7 cm³/mol. The fourth-order valence-corrected chi connectivity index (χ4v) is 2.23. The van der Waals surface area contributed by atoms with Crippen LogP contribution in [0.2, 0.25) is 0 Å². The van der Waals surface area contributed by atoms with Gasteiger partial charge in [-0.05, 0) is 29.0 Å². The summed E-state index contributed by atoms with van der Waals surface area (Å²) in [7, 11) is 2.90. The highest BCUT2D eigenvalue weighted by molar-refractivity contribution is 7.17. The summed E-state index contributed by atoms with van der Waals surface area (Å²) in [5.41, 5.74) is 0.464. The van der Waals surface area contributed by atoms with Crippen LogP contribution in [0.1, 0.15) is 10.4 Å². The molecule has 0 atom stereocenters. The number of carbonyl (C=O) groups is 1. The Bertz CT molecular complexity index is 502. The molecule has 1 aromatic carbocycles. The molecule has 0 spiro atoms. The van der Waals surface area contributed by atoms with Gasteiger partial charge in [0.05, 0.1) is 14.2 Å². The van der Waals surface area contributed by atoms with Crippen molar-refractivity contribution in [1.82, 2.24) is 0 Å². The molecule has 0 amide bonds. The van der Waals surface area contributed by atoms with Gasteiger partial charge in [-0.2, -0.15) is 0 Å². The standard InChI is InChI=1S/C11H10O3S/c1-13-9-6-10-7(3-4-15-10)5-8(9)11(12)14-2/h3-6H,1-2H3. The third-order valence-corrected chi connectivity index (χ3v) is 3.06. The molecule has 0 N–H and O–H groups in total. The number of hydrogen-bond donors (Lipinski definition) is 0. The van der Waals surface area contributed by atoms with Crippen LogP contribution in [0.3, 0.4) is 0 Å². The molecule has 0 radical (unpaired) electrons. The first kappa shape index (κ1) is 9.98. The summed E-state index contributed by atoms with van der Waals surface area (Å²) in [6, 6.07) is 5.61. The van der Waals surface area contributed by atoms with Gasteiger partial charge in [-0.1, -0.05) is 0 Å². The van der Waals surface area contributed by atoms with Crippen molar-refractivity contribution >= 4 is 27.4 Å². The first-order chi connectivity index (χ1) is 7.26. The zero-order valence-corrected chi connectivity index (χ0v) is 9.26. The number of thiophene rings is 1. The second kappa shape index (κ2) is 3.90. The molecule has 3 nitrogen and oxygen atoms in total. The highest BCUT2D eigenvalue weighted by Crippen LogP contribution is 2.29. The zero-order chi connectivity index (χ0) is 10.8. The van der Waals surface area contributed by atoms with Crippen molar-refractivity contribution in [2.24, 2.45) is 0 Å². The summed E-state index contributed by atoms with van der Waals surface area (Å²) in [4.78, 5) is 11.5. The first-order valence-corrected chi connectivity index (χ1v) is 5.28. The van der Waals surface area contributed by atoms with Crippen molar-refractivity contribution in [1.29, 1.82) is 0 Å². The van der Waals surface area contributed by atoms with Crippen molar-refractivity contribution in [2.45, 2.75) is 0 Å².